The van der Waals surface area contributed by atoms with Gasteiger partial charge < -0.3 is 15.5 Å². The zero-order chi connectivity index (χ0) is 11.3. The number of aliphatic hydroxyl groups is 1. The molecule has 0 heterocycles. The molecule has 5 heteroatoms. The number of hydrogen-bond acceptors (Lipinski definition) is 3. The van der Waals surface area contributed by atoms with Crippen LogP contribution in [-0.2, 0) is 9.59 Å². The largest absolute Gasteiger partial charge is 0.479 e. The molecule has 1 aliphatic carbocycles. The molecule has 1 aliphatic rings. The standard InChI is InChI=1S/C10H15NO4/c12-8(10(14)15)6-11-9(13)7-4-2-1-3-5-7/h1-2,7-8,12H,3-6H2,(H,11,13)(H,14,15)/t7?,8-/m0/s1. The number of amides is 1. The third-order valence-corrected chi connectivity index (χ3v) is 2.39. The second-order valence-corrected chi connectivity index (χ2v) is 3.58. The van der Waals surface area contributed by atoms with Crippen LogP contribution in [0.2, 0.25) is 0 Å². The number of aliphatic carboxylic acids is 1. The van der Waals surface area contributed by atoms with E-state index in [9.17, 15) is 9.59 Å². The molecule has 1 unspecified atom stereocenters. The summed E-state index contributed by atoms with van der Waals surface area (Å²) in [6, 6.07) is 0. The van der Waals surface area contributed by atoms with Crippen molar-refractivity contribution < 1.29 is 19.8 Å². The molecule has 0 spiro atoms. The van der Waals surface area contributed by atoms with Crippen molar-refractivity contribution in [2.45, 2.75) is 25.4 Å². The lowest BCUT2D eigenvalue weighted by molar-refractivity contribution is -0.146. The van der Waals surface area contributed by atoms with Gasteiger partial charge in [0.15, 0.2) is 6.10 Å². The van der Waals surface area contributed by atoms with Gasteiger partial charge in [-0.25, -0.2) is 4.79 Å². The zero-order valence-corrected chi connectivity index (χ0v) is 8.35. The molecule has 0 radical (unpaired) electrons. The monoisotopic (exact) mass is 213 g/mol. The maximum absolute atomic E-state index is 11.5. The lowest BCUT2D eigenvalue weighted by Gasteiger charge is -2.17. The van der Waals surface area contributed by atoms with Gasteiger partial charge in [-0.3, -0.25) is 4.79 Å². The maximum Gasteiger partial charge on any atom is 0.334 e. The molecular weight excluding hydrogens is 198 g/mol. The highest BCUT2D eigenvalue weighted by Gasteiger charge is 2.20. The van der Waals surface area contributed by atoms with Crippen molar-refractivity contribution in [2.75, 3.05) is 6.54 Å². The lowest BCUT2D eigenvalue weighted by atomic mass is 9.94. The first-order valence-corrected chi connectivity index (χ1v) is 4.95. The summed E-state index contributed by atoms with van der Waals surface area (Å²) >= 11 is 0. The molecule has 2 atom stereocenters. The number of hydrogen-bond donors (Lipinski definition) is 3. The third kappa shape index (κ3) is 3.71. The van der Waals surface area contributed by atoms with Gasteiger partial charge in [0.1, 0.15) is 0 Å². The summed E-state index contributed by atoms with van der Waals surface area (Å²) in [4.78, 5) is 21.8. The normalized spacial score (nSPS) is 22.1. The molecule has 1 amide bonds. The first-order chi connectivity index (χ1) is 7.11. The fourth-order valence-corrected chi connectivity index (χ4v) is 1.46. The average Bonchev–Trinajstić information content (AvgIpc) is 2.26. The molecule has 0 aromatic carbocycles. The number of carboxylic acids is 1. The molecular formula is C10H15NO4. The molecule has 1 rings (SSSR count). The van der Waals surface area contributed by atoms with Crippen molar-refractivity contribution in [1.29, 1.82) is 0 Å². The Bertz CT molecular complexity index is 275. The van der Waals surface area contributed by atoms with Gasteiger partial charge in [-0.2, -0.15) is 0 Å². The van der Waals surface area contributed by atoms with E-state index in [2.05, 4.69) is 5.32 Å². The summed E-state index contributed by atoms with van der Waals surface area (Å²) in [5, 5.41) is 19.8. The van der Waals surface area contributed by atoms with Gasteiger partial charge in [0, 0.05) is 5.92 Å². The van der Waals surface area contributed by atoms with Crippen LogP contribution in [0.3, 0.4) is 0 Å². The van der Waals surface area contributed by atoms with Crippen LogP contribution < -0.4 is 5.32 Å². The molecule has 0 aromatic heterocycles. The summed E-state index contributed by atoms with van der Waals surface area (Å²) in [6.45, 7) is -0.228. The van der Waals surface area contributed by atoms with Crippen molar-refractivity contribution in [3.8, 4) is 0 Å². The molecule has 0 fully saturated rings. The highest BCUT2D eigenvalue weighted by molar-refractivity contribution is 5.80. The van der Waals surface area contributed by atoms with Gasteiger partial charge in [0.05, 0.1) is 6.54 Å². The number of nitrogens with one attached hydrogen (secondary N) is 1. The van der Waals surface area contributed by atoms with Crippen LogP contribution in [0, 0.1) is 5.92 Å². The Balaban J connectivity index is 2.29. The predicted octanol–water partition coefficient (Wildman–Crippen LogP) is -0.0956. The van der Waals surface area contributed by atoms with Gasteiger partial charge in [-0.1, -0.05) is 12.2 Å². The van der Waals surface area contributed by atoms with E-state index in [1.54, 1.807) is 0 Å². The van der Waals surface area contributed by atoms with Crippen LogP contribution in [0.25, 0.3) is 0 Å². The highest BCUT2D eigenvalue weighted by Crippen LogP contribution is 2.17. The van der Waals surface area contributed by atoms with Gasteiger partial charge in [0.2, 0.25) is 5.91 Å². The van der Waals surface area contributed by atoms with Crippen LogP contribution in [0.5, 0.6) is 0 Å². The SMILES string of the molecule is O=C(NC[C@H](O)C(=O)O)C1CC=CCC1. The van der Waals surface area contributed by atoms with E-state index >= 15 is 0 Å². The molecule has 15 heavy (non-hydrogen) atoms. The summed E-state index contributed by atoms with van der Waals surface area (Å²) < 4.78 is 0. The van der Waals surface area contributed by atoms with E-state index in [-0.39, 0.29) is 18.4 Å². The molecule has 3 N–H and O–H groups in total. The predicted molar refractivity (Wildman–Crippen MR) is 53.1 cm³/mol. The number of carbonyl (C=O) groups excluding carboxylic acids is 1. The Morgan fingerprint density at radius 1 is 1.47 bits per heavy atom. The van der Waals surface area contributed by atoms with E-state index in [0.29, 0.717) is 6.42 Å². The second kappa shape index (κ2) is 5.50. The van der Waals surface area contributed by atoms with Gasteiger partial charge in [0.25, 0.3) is 0 Å². The number of allylic oxidation sites excluding steroid dienone is 2. The van der Waals surface area contributed by atoms with E-state index in [4.69, 9.17) is 10.2 Å². The highest BCUT2D eigenvalue weighted by atomic mass is 16.4. The Hall–Kier alpha value is -1.36. The number of aliphatic hydroxyl groups excluding tert-OH is 1. The Morgan fingerprint density at radius 3 is 2.73 bits per heavy atom. The van der Waals surface area contributed by atoms with Crippen molar-refractivity contribution in [2.24, 2.45) is 5.92 Å². The molecule has 84 valence electrons. The molecule has 0 aliphatic heterocycles. The van der Waals surface area contributed by atoms with Gasteiger partial charge in [-0.15, -0.1) is 0 Å². The first-order valence-electron chi connectivity index (χ1n) is 4.95. The fraction of sp³-hybridized carbons (Fsp3) is 0.600. The Labute approximate surface area is 87.8 Å². The van der Waals surface area contributed by atoms with Crippen LogP contribution >= 0.6 is 0 Å². The Morgan fingerprint density at radius 2 is 2.20 bits per heavy atom. The minimum absolute atomic E-state index is 0.0870. The van der Waals surface area contributed by atoms with Crippen LogP contribution in [0.4, 0.5) is 0 Å². The van der Waals surface area contributed by atoms with Crippen LogP contribution in [-0.4, -0.2) is 34.7 Å². The van der Waals surface area contributed by atoms with E-state index < -0.39 is 12.1 Å². The zero-order valence-electron chi connectivity index (χ0n) is 8.35. The molecule has 5 nitrogen and oxygen atoms in total. The maximum atomic E-state index is 11.5. The van der Waals surface area contributed by atoms with E-state index in [1.165, 1.54) is 0 Å². The second-order valence-electron chi connectivity index (χ2n) is 3.58. The number of carboxylic acid groups (broad SMARTS) is 1. The molecule has 0 saturated carbocycles. The first kappa shape index (κ1) is 11.7. The van der Waals surface area contributed by atoms with Crippen molar-refractivity contribution in [3.63, 3.8) is 0 Å². The van der Waals surface area contributed by atoms with E-state index in [0.717, 1.165) is 12.8 Å². The minimum atomic E-state index is -1.52. The van der Waals surface area contributed by atoms with Crippen LogP contribution in [0.1, 0.15) is 19.3 Å². The van der Waals surface area contributed by atoms with Crippen LogP contribution in [0.15, 0.2) is 12.2 Å². The molecule has 0 aromatic rings. The van der Waals surface area contributed by atoms with Crippen molar-refractivity contribution in [3.05, 3.63) is 12.2 Å². The minimum Gasteiger partial charge on any atom is -0.479 e. The summed E-state index contributed by atoms with van der Waals surface area (Å²) in [5.74, 6) is -1.59. The summed E-state index contributed by atoms with van der Waals surface area (Å²) in [5.41, 5.74) is 0. The Kier molecular flexibility index (Phi) is 4.30. The fourth-order valence-electron chi connectivity index (χ4n) is 1.46. The van der Waals surface area contributed by atoms with Gasteiger partial charge >= 0.3 is 5.97 Å². The van der Waals surface area contributed by atoms with Crippen molar-refractivity contribution in [1.82, 2.24) is 5.32 Å². The van der Waals surface area contributed by atoms with E-state index in [1.807, 2.05) is 12.2 Å². The summed E-state index contributed by atoms with van der Waals surface area (Å²) in [7, 11) is 0. The molecule has 0 bridgehead atoms. The smallest absolute Gasteiger partial charge is 0.334 e. The summed E-state index contributed by atoms with van der Waals surface area (Å²) in [6.07, 6.45) is 4.80. The quantitative estimate of drug-likeness (QED) is 0.569. The lowest BCUT2D eigenvalue weighted by Crippen LogP contribution is -2.39. The van der Waals surface area contributed by atoms with Crippen molar-refractivity contribution >= 4 is 11.9 Å². The number of rotatable bonds is 4. The number of carbonyl (C=O) groups is 2. The topological polar surface area (TPSA) is 86.6 Å². The third-order valence-electron chi connectivity index (χ3n) is 2.39. The van der Waals surface area contributed by atoms with Gasteiger partial charge in [-0.05, 0) is 19.3 Å². The molecule has 0 saturated heterocycles. The average molecular weight is 213 g/mol.